The van der Waals surface area contributed by atoms with E-state index >= 15 is 0 Å². The first kappa shape index (κ1) is 15.8. The van der Waals surface area contributed by atoms with Crippen molar-refractivity contribution in [3.05, 3.63) is 48.3 Å². The molecule has 1 N–H and O–H groups in total. The Hall–Kier alpha value is -1.62. The van der Waals surface area contributed by atoms with Crippen molar-refractivity contribution in [2.45, 2.75) is 19.8 Å². The van der Waals surface area contributed by atoms with Gasteiger partial charge in [-0.1, -0.05) is 41.1 Å². The summed E-state index contributed by atoms with van der Waals surface area (Å²) in [7, 11) is 0. The maximum atomic E-state index is 12.0. The molecule has 4 nitrogen and oxygen atoms in total. The van der Waals surface area contributed by atoms with Gasteiger partial charge in [0.2, 0.25) is 0 Å². The van der Waals surface area contributed by atoms with Gasteiger partial charge in [-0.25, -0.2) is 4.68 Å². The Morgan fingerprint density at radius 2 is 2.14 bits per heavy atom. The predicted molar refractivity (Wildman–Crippen MR) is 88.1 cm³/mol. The molecule has 1 heterocycles. The largest absolute Gasteiger partial charge is 0.352 e. The fourth-order valence-corrected chi connectivity index (χ4v) is 2.32. The number of nitrogens with zero attached hydrogens (tertiary/aromatic N) is 2. The highest BCUT2D eigenvalue weighted by Crippen LogP contribution is 2.09. The van der Waals surface area contributed by atoms with Crippen LogP contribution in [0.2, 0.25) is 0 Å². The summed E-state index contributed by atoms with van der Waals surface area (Å²) in [6, 6.07) is 9.75. The van der Waals surface area contributed by atoms with E-state index in [0.29, 0.717) is 18.0 Å². The number of amides is 1. The minimum Gasteiger partial charge on any atom is -0.352 e. The zero-order valence-corrected chi connectivity index (χ0v) is 13.7. The number of hydrogen-bond donors (Lipinski definition) is 1. The van der Waals surface area contributed by atoms with Crippen LogP contribution in [0.5, 0.6) is 0 Å². The molecule has 0 saturated carbocycles. The molecular weight excluding hydrogens is 330 g/mol. The number of rotatable bonds is 7. The molecule has 0 bridgehead atoms. The standard InChI is InChI=1S/C16H20BrN3O/c1-13(10-17)6-5-9-18-16(21)14-11-19-20(12-14)15-7-3-2-4-8-15/h2-4,7-8,11-13H,5-6,9-10H2,1H3,(H,18,21). The zero-order valence-electron chi connectivity index (χ0n) is 12.1. The minimum absolute atomic E-state index is 0.0660. The quantitative estimate of drug-likeness (QED) is 0.614. The van der Waals surface area contributed by atoms with Gasteiger partial charge >= 0.3 is 0 Å². The Bertz CT molecular complexity index is 568. The van der Waals surface area contributed by atoms with E-state index in [2.05, 4.69) is 33.3 Å². The molecule has 0 radical (unpaired) electrons. The number of aromatic nitrogens is 2. The zero-order chi connectivity index (χ0) is 15.1. The van der Waals surface area contributed by atoms with Crippen LogP contribution in [0.4, 0.5) is 0 Å². The Morgan fingerprint density at radius 1 is 1.38 bits per heavy atom. The first-order chi connectivity index (χ1) is 10.2. The first-order valence-corrected chi connectivity index (χ1v) is 8.27. The van der Waals surface area contributed by atoms with E-state index in [1.54, 1.807) is 17.1 Å². The predicted octanol–water partition coefficient (Wildman–Crippen LogP) is 3.41. The van der Waals surface area contributed by atoms with E-state index in [0.717, 1.165) is 23.9 Å². The average molecular weight is 350 g/mol. The highest BCUT2D eigenvalue weighted by molar-refractivity contribution is 9.09. The number of carbonyl (C=O) groups is 1. The molecule has 21 heavy (non-hydrogen) atoms. The molecule has 1 atom stereocenters. The van der Waals surface area contributed by atoms with E-state index < -0.39 is 0 Å². The maximum absolute atomic E-state index is 12.0. The van der Waals surface area contributed by atoms with Gasteiger partial charge in [0, 0.05) is 18.1 Å². The van der Waals surface area contributed by atoms with Crippen LogP contribution in [0.1, 0.15) is 30.1 Å². The van der Waals surface area contributed by atoms with Crippen molar-refractivity contribution in [3.63, 3.8) is 0 Å². The van der Waals surface area contributed by atoms with Crippen molar-refractivity contribution in [3.8, 4) is 5.69 Å². The third-order valence-electron chi connectivity index (χ3n) is 3.29. The van der Waals surface area contributed by atoms with E-state index in [1.807, 2.05) is 30.3 Å². The summed E-state index contributed by atoms with van der Waals surface area (Å²) in [6.45, 7) is 2.90. The molecule has 0 saturated heterocycles. The second kappa shape index (κ2) is 7.98. The van der Waals surface area contributed by atoms with Gasteiger partial charge in [-0.05, 0) is 30.9 Å². The lowest BCUT2D eigenvalue weighted by molar-refractivity contribution is 0.0952. The second-order valence-corrected chi connectivity index (χ2v) is 5.81. The van der Waals surface area contributed by atoms with Crippen molar-refractivity contribution in [2.24, 2.45) is 5.92 Å². The van der Waals surface area contributed by atoms with Gasteiger partial charge in [-0.15, -0.1) is 0 Å². The third-order valence-corrected chi connectivity index (χ3v) is 4.39. The molecule has 0 fully saturated rings. The molecule has 112 valence electrons. The van der Waals surface area contributed by atoms with Gasteiger partial charge in [-0.2, -0.15) is 5.10 Å². The SMILES string of the molecule is CC(CBr)CCCNC(=O)c1cnn(-c2ccccc2)c1. The van der Waals surface area contributed by atoms with Gasteiger partial charge in [0.25, 0.3) is 5.91 Å². The minimum atomic E-state index is -0.0660. The van der Waals surface area contributed by atoms with Crippen LogP contribution < -0.4 is 5.32 Å². The van der Waals surface area contributed by atoms with Crippen LogP contribution in [0, 0.1) is 5.92 Å². The molecule has 2 rings (SSSR count). The van der Waals surface area contributed by atoms with Gasteiger partial charge < -0.3 is 5.32 Å². The van der Waals surface area contributed by atoms with Crippen LogP contribution in [0.15, 0.2) is 42.7 Å². The summed E-state index contributed by atoms with van der Waals surface area (Å²) in [5.74, 6) is 0.575. The normalized spacial score (nSPS) is 12.1. The van der Waals surface area contributed by atoms with Crippen LogP contribution >= 0.6 is 15.9 Å². The molecule has 0 aliphatic carbocycles. The molecule has 5 heteroatoms. The highest BCUT2D eigenvalue weighted by Gasteiger charge is 2.09. The summed E-state index contributed by atoms with van der Waals surface area (Å²) in [6.07, 6.45) is 5.45. The van der Waals surface area contributed by atoms with E-state index in [-0.39, 0.29) is 5.91 Å². The topological polar surface area (TPSA) is 46.9 Å². The first-order valence-electron chi connectivity index (χ1n) is 7.15. The molecule has 1 aromatic carbocycles. The Labute approximate surface area is 133 Å². The van der Waals surface area contributed by atoms with Crippen molar-refractivity contribution < 1.29 is 4.79 Å². The summed E-state index contributed by atoms with van der Waals surface area (Å²) < 4.78 is 1.71. The monoisotopic (exact) mass is 349 g/mol. The molecular formula is C16H20BrN3O. The Morgan fingerprint density at radius 3 is 2.86 bits per heavy atom. The van der Waals surface area contributed by atoms with Crippen LogP contribution in [-0.4, -0.2) is 27.6 Å². The number of hydrogen-bond acceptors (Lipinski definition) is 2. The highest BCUT2D eigenvalue weighted by atomic mass is 79.9. The molecule has 0 aliphatic rings. The van der Waals surface area contributed by atoms with Crippen molar-refractivity contribution in [1.82, 2.24) is 15.1 Å². The summed E-state index contributed by atoms with van der Waals surface area (Å²) >= 11 is 3.46. The maximum Gasteiger partial charge on any atom is 0.254 e. The number of halogens is 1. The van der Waals surface area contributed by atoms with Crippen molar-refractivity contribution in [1.29, 1.82) is 0 Å². The van der Waals surface area contributed by atoms with Gasteiger partial charge in [-0.3, -0.25) is 4.79 Å². The number of para-hydroxylation sites is 1. The summed E-state index contributed by atoms with van der Waals surface area (Å²) in [4.78, 5) is 12.0. The molecule has 2 aromatic rings. The summed E-state index contributed by atoms with van der Waals surface area (Å²) in [5, 5.41) is 8.17. The fourth-order valence-electron chi connectivity index (χ4n) is 1.99. The number of benzene rings is 1. The summed E-state index contributed by atoms with van der Waals surface area (Å²) in [5.41, 5.74) is 1.54. The fraction of sp³-hybridized carbons (Fsp3) is 0.375. The van der Waals surface area contributed by atoms with Gasteiger partial charge in [0.1, 0.15) is 0 Å². The molecule has 0 spiro atoms. The van der Waals surface area contributed by atoms with Crippen LogP contribution in [0.25, 0.3) is 5.69 Å². The lowest BCUT2D eigenvalue weighted by Gasteiger charge is -2.07. The van der Waals surface area contributed by atoms with Crippen molar-refractivity contribution >= 4 is 21.8 Å². The van der Waals surface area contributed by atoms with E-state index in [1.165, 1.54) is 0 Å². The lowest BCUT2D eigenvalue weighted by atomic mass is 10.1. The van der Waals surface area contributed by atoms with Gasteiger partial charge in [0.05, 0.1) is 17.4 Å². The van der Waals surface area contributed by atoms with Crippen molar-refractivity contribution in [2.75, 3.05) is 11.9 Å². The molecule has 1 aromatic heterocycles. The number of carbonyl (C=O) groups excluding carboxylic acids is 1. The number of nitrogens with one attached hydrogen (secondary N) is 1. The smallest absolute Gasteiger partial charge is 0.254 e. The van der Waals surface area contributed by atoms with E-state index in [4.69, 9.17) is 0 Å². The second-order valence-electron chi connectivity index (χ2n) is 5.17. The van der Waals surface area contributed by atoms with Gasteiger partial charge in [0.15, 0.2) is 0 Å². The number of alkyl halides is 1. The van der Waals surface area contributed by atoms with E-state index in [9.17, 15) is 4.79 Å². The molecule has 0 aliphatic heterocycles. The Kier molecular flexibility index (Phi) is 5.99. The molecule has 1 unspecified atom stereocenters. The van der Waals surface area contributed by atoms with Crippen LogP contribution in [0.3, 0.4) is 0 Å². The molecule has 1 amide bonds. The van der Waals surface area contributed by atoms with Crippen LogP contribution in [-0.2, 0) is 0 Å². The Balaban J connectivity index is 1.85. The third kappa shape index (κ3) is 4.70. The average Bonchev–Trinajstić information content (AvgIpc) is 3.02. The lowest BCUT2D eigenvalue weighted by Crippen LogP contribution is -2.24.